The Morgan fingerprint density at radius 3 is 2.64 bits per heavy atom. The maximum absolute atomic E-state index is 5.92. The van der Waals surface area contributed by atoms with Crippen molar-refractivity contribution in [3.8, 4) is 17.1 Å². The summed E-state index contributed by atoms with van der Waals surface area (Å²) in [6.07, 6.45) is 1.89. The van der Waals surface area contributed by atoms with Crippen molar-refractivity contribution in [2.45, 2.75) is 6.92 Å². The highest BCUT2D eigenvalue weighted by Gasteiger charge is 2.15. The molecule has 0 amide bonds. The minimum Gasteiger partial charge on any atom is -0.378 e. The second-order valence-corrected chi connectivity index (χ2v) is 6.06. The number of hydrogen-bond acceptors (Lipinski definition) is 6. The molecule has 0 saturated carbocycles. The van der Waals surface area contributed by atoms with Gasteiger partial charge in [-0.2, -0.15) is 15.1 Å². The van der Waals surface area contributed by atoms with Gasteiger partial charge >= 0.3 is 0 Å². The number of nitrogens with zero attached hydrogens (tertiary/aromatic N) is 5. The van der Waals surface area contributed by atoms with E-state index in [-0.39, 0.29) is 5.95 Å². The summed E-state index contributed by atoms with van der Waals surface area (Å²) in [6.45, 7) is 5.05. The molecule has 0 radical (unpaired) electrons. The van der Waals surface area contributed by atoms with Gasteiger partial charge in [-0.05, 0) is 19.1 Å². The number of anilines is 2. The molecule has 1 aliphatic heterocycles. The van der Waals surface area contributed by atoms with E-state index in [1.807, 2.05) is 30.5 Å². The van der Waals surface area contributed by atoms with Gasteiger partial charge in [0.1, 0.15) is 5.82 Å². The normalized spacial score (nSPS) is 14.7. The van der Waals surface area contributed by atoms with E-state index in [1.54, 1.807) is 4.68 Å². The molecule has 7 heteroatoms. The summed E-state index contributed by atoms with van der Waals surface area (Å²) < 4.78 is 7.13. The molecular weight excluding hydrogens is 316 g/mol. The van der Waals surface area contributed by atoms with Crippen LogP contribution in [0.2, 0.25) is 0 Å². The van der Waals surface area contributed by atoms with Gasteiger partial charge in [0.05, 0.1) is 18.9 Å². The van der Waals surface area contributed by atoms with E-state index in [2.05, 4.69) is 39.0 Å². The fourth-order valence-electron chi connectivity index (χ4n) is 2.92. The zero-order valence-corrected chi connectivity index (χ0v) is 14.1. The average Bonchev–Trinajstić information content (AvgIpc) is 3.12. The van der Waals surface area contributed by atoms with Gasteiger partial charge < -0.3 is 15.4 Å². The van der Waals surface area contributed by atoms with Gasteiger partial charge in [-0.15, -0.1) is 0 Å². The Balaban J connectivity index is 1.67. The van der Waals surface area contributed by atoms with Gasteiger partial charge in [0.25, 0.3) is 0 Å². The standard InChI is InChI=1S/C18H20N6O/c1-13-3-2-4-14(11-13)15-5-6-24(22-15)17-12-16(20-18(19)21-17)23-7-9-25-10-8-23/h2-6,11-12H,7-10H2,1H3,(H2,19,20,21). The fraction of sp³-hybridized carbons (Fsp3) is 0.278. The molecule has 4 rings (SSSR count). The molecule has 2 N–H and O–H groups in total. The Hall–Kier alpha value is -2.93. The first-order chi connectivity index (χ1) is 12.2. The molecule has 2 aromatic heterocycles. The van der Waals surface area contributed by atoms with Gasteiger partial charge in [-0.25, -0.2) is 4.68 Å². The Morgan fingerprint density at radius 2 is 1.84 bits per heavy atom. The maximum Gasteiger partial charge on any atom is 0.224 e. The predicted molar refractivity (Wildman–Crippen MR) is 96.8 cm³/mol. The second kappa shape index (κ2) is 6.52. The zero-order valence-electron chi connectivity index (χ0n) is 14.1. The Labute approximate surface area is 146 Å². The molecule has 0 bridgehead atoms. The van der Waals surface area contributed by atoms with Crippen molar-refractivity contribution in [2.75, 3.05) is 36.9 Å². The van der Waals surface area contributed by atoms with Gasteiger partial charge in [-0.3, -0.25) is 0 Å². The van der Waals surface area contributed by atoms with E-state index in [9.17, 15) is 0 Å². The smallest absolute Gasteiger partial charge is 0.224 e. The van der Waals surface area contributed by atoms with Crippen molar-refractivity contribution in [3.05, 3.63) is 48.2 Å². The first kappa shape index (κ1) is 15.6. The molecular formula is C18H20N6O. The molecule has 0 unspecified atom stereocenters. The summed E-state index contributed by atoms with van der Waals surface area (Å²) in [5.74, 6) is 1.71. The van der Waals surface area contributed by atoms with Crippen LogP contribution in [0.1, 0.15) is 5.56 Å². The highest BCUT2D eigenvalue weighted by atomic mass is 16.5. The molecule has 0 aliphatic carbocycles. The minimum absolute atomic E-state index is 0.242. The van der Waals surface area contributed by atoms with Crippen molar-refractivity contribution in [3.63, 3.8) is 0 Å². The number of nitrogens with two attached hydrogens (primary N) is 1. The SMILES string of the molecule is Cc1cccc(-c2ccn(-c3cc(N4CCOCC4)nc(N)n3)n2)c1. The third kappa shape index (κ3) is 3.32. The Morgan fingerprint density at radius 1 is 1.04 bits per heavy atom. The molecule has 7 nitrogen and oxygen atoms in total. The van der Waals surface area contributed by atoms with E-state index >= 15 is 0 Å². The van der Waals surface area contributed by atoms with Crippen LogP contribution in [-0.2, 0) is 4.74 Å². The summed E-state index contributed by atoms with van der Waals surface area (Å²) in [7, 11) is 0. The summed E-state index contributed by atoms with van der Waals surface area (Å²) >= 11 is 0. The summed E-state index contributed by atoms with van der Waals surface area (Å²) in [4.78, 5) is 10.8. The monoisotopic (exact) mass is 336 g/mol. The van der Waals surface area contributed by atoms with Crippen LogP contribution in [-0.4, -0.2) is 46.1 Å². The van der Waals surface area contributed by atoms with Crippen LogP contribution < -0.4 is 10.6 Å². The lowest BCUT2D eigenvalue weighted by Gasteiger charge is -2.27. The van der Waals surface area contributed by atoms with E-state index in [4.69, 9.17) is 10.5 Å². The lowest BCUT2D eigenvalue weighted by Crippen LogP contribution is -2.37. The molecule has 1 aliphatic rings. The van der Waals surface area contributed by atoms with Crippen LogP contribution in [0.15, 0.2) is 42.6 Å². The number of benzene rings is 1. The molecule has 3 aromatic rings. The van der Waals surface area contributed by atoms with Crippen LogP contribution in [0.25, 0.3) is 17.1 Å². The summed E-state index contributed by atoms with van der Waals surface area (Å²) in [6, 6.07) is 12.1. The third-order valence-corrected chi connectivity index (χ3v) is 4.19. The van der Waals surface area contributed by atoms with Crippen molar-refractivity contribution in [1.82, 2.24) is 19.7 Å². The van der Waals surface area contributed by atoms with Crippen LogP contribution in [0.4, 0.5) is 11.8 Å². The van der Waals surface area contributed by atoms with E-state index < -0.39 is 0 Å². The molecule has 0 atom stereocenters. The van der Waals surface area contributed by atoms with Crippen molar-refractivity contribution >= 4 is 11.8 Å². The number of nitrogen functional groups attached to an aromatic ring is 1. The molecule has 1 fully saturated rings. The second-order valence-electron chi connectivity index (χ2n) is 6.06. The molecule has 3 heterocycles. The molecule has 1 aromatic carbocycles. The van der Waals surface area contributed by atoms with Crippen molar-refractivity contribution in [2.24, 2.45) is 0 Å². The number of morpholine rings is 1. The van der Waals surface area contributed by atoms with E-state index in [0.29, 0.717) is 19.0 Å². The van der Waals surface area contributed by atoms with Crippen LogP contribution in [0.5, 0.6) is 0 Å². The topological polar surface area (TPSA) is 82.1 Å². The quantitative estimate of drug-likeness (QED) is 0.788. The number of rotatable bonds is 3. The van der Waals surface area contributed by atoms with Crippen LogP contribution in [0.3, 0.4) is 0 Å². The zero-order chi connectivity index (χ0) is 17.2. The maximum atomic E-state index is 5.92. The fourth-order valence-corrected chi connectivity index (χ4v) is 2.92. The summed E-state index contributed by atoms with van der Waals surface area (Å²) in [5.41, 5.74) is 9.10. The van der Waals surface area contributed by atoms with E-state index in [0.717, 1.165) is 30.2 Å². The van der Waals surface area contributed by atoms with E-state index in [1.165, 1.54) is 5.56 Å². The third-order valence-electron chi connectivity index (χ3n) is 4.19. The number of aryl methyl sites for hydroxylation is 1. The van der Waals surface area contributed by atoms with Crippen LogP contribution in [0, 0.1) is 6.92 Å². The lowest BCUT2D eigenvalue weighted by molar-refractivity contribution is 0.122. The average molecular weight is 336 g/mol. The van der Waals surface area contributed by atoms with Gasteiger partial charge in [0.15, 0.2) is 5.82 Å². The number of aromatic nitrogens is 4. The van der Waals surface area contributed by atoms with Crippen LogP contribution >= 0.6 is 0 Å². The number of ether oxygens (including phenoxy) is 1. The van der Waals surface area contributed by atoms with Gasteiger partial charge in [-0.1, -0.05) is 23.8 Å². The predicted octanol–water partition coefficient (Wildman–Crippen LogP) is 2.06. The highest BCUT2D eigenvalue weighted by molar-refractivity contribution is 5.60. The Bertz CT molecular complexity index is 885. The summed E-state index contributed by atoms with van der Waals surface area (Å²) in [5, 5.41) is 4.65. The first-order valence-corrected chi connectivity index (χ1v) is 8.29. The first-order valence-electron chi connectivity index (χ1n) is 8.29. The molecule has 25 heavy (non-hydrogen) atoms. The molecule has 0 spiro atoms. The lowest BCUT2D eigenvalue weighted by atomic mass is 10.1. The van der Waals surface area contributed by atoms with Gasteiger partial charge in [0, 0.05) is 30.9 Å². The highest BCUT2D eigenvalue weighted by Crippen LogP contribution is 2.21. The molecule has 128 valence electrons. The number of hydrogen-bond donors (Lipinski definition) is 1. The Kier molecular flexibility index (Phi) is 4.07. The minimum atomic E-state index is 0.242. The molecule has 1 saturated heterocycles. The van der Waals surface area contributed by atoms with Gasteiger partial charge in [0.2, 0.25) is 5.95 Å². The largest absolute Gasteiger partial charge is 0.378 e. The van der Waals surface area contributed by atoms with Crippen molar-refractivity contribution in [1.29, 1.82) is 0 Å². The van der Waals surface area contributed by atoms with Crippen molar-refractivity contribution < 1.29 is 4.74 Å².